The van der Waals surface area contributed by atoms with Gasteiger partial charge in [-0.3, -0.25) is 9.69 Å². The van der Waals surface area contributed by atoms with Crippen molar-refractivity contribution < 1.29 is 9.53 Å². The lowest BCUT2D eigenvalue weighted by Crippen LogP contribution is -2.36. The normalized spacial score (nSPS) is 18.7. The minimum Gasteiger partial charge on any atom is -0.379 e. The molecule has 0 spiro atoms. The van der Waals surface area contributed by atoms with E-state index in [1.54, 1.807) is 0 Å². The molecule has 2 aliphatic rings. The first kappa shape index (κ1) is 18.0. The number of aromatic nitrogens is 1. The van der Waals surface area contributed by atoms with Gasteiger partial charge in [0.25, 0.3) is 5.91 Å². The van der Waals surface area contributed by atoms with Crippen molar-refractivity contribution >= 4 is 23.4 Å². The van der Waals surface area contributed by atoms with Gasteiger partial charge < -0.3 is 14.6 Å². The molecule has 3 heterocycles. The maximum atomic E-state index is 12.4. The number of hydrogen-bond donors (Lipinski definition) is 1. The molecule has 0 unspecified atom stereocenters. The van der Waals surface area contributed by atoms with Crippen molar-refractivity contribution in [3.8, 4) is 0 Å². The standard InChI is InChI=1S/C22H27N3O2/c1-16-14-25(15-20-19-6-3-4-8-21(19)23-22(20)26)17(2)18(16)7-5-9-24-10-12-27-13-11-24/h3-4,6,8,14-15H,5,7,9-13H2,1-2H3,(H,23,26). The number of fused-ring (bicyclic) bond motifs is 1. The third-order valence-corrected chi connectivity index (χ3v) is 5.62. The molecule has 0 radical (unpaired) electrons. The minimum atomic E-state index is -0.0316. The van der Waals surface area contributed by atoms with Crippen molar-refractivity contribution in [3.63, 3.8) is 0 Å². The Morgan fingerprint density at radius 1 is 1.19 bits per heavy atom. The van der Waals surface area contributed by atoms with Crippen LogP contribution in [0.4, 0.5) is 5.69 Å². The Kier molecular flexibility index (Phi) is 5.14. The Balaban J connectivity index is 1.50. The second kappa shape index (κ2) is 7.71. The lowest BCUT2D eigenvalue weighted by atomic mass is 10.1. The number of rotatable bonds is 5. The summed E-state index contributed by atoms with van der Waals surface area (Å²) < 4.78 is 7.53. The molecule has 5 nitrogen and oxygen atoms in total. The van der Waals surface area contributed by atoms with Crippen molar-refractivity contribution in [1.82, 2.24) is 9.47 Å². The highest BCUT2D eigenvalue weighted by Crippen LogP contribution is 2.32. The molecule has 0 saturated carbocycles. The predicted molar refractivity (Wildman–Crippen MR) is 109 cm³/mol. The summed E-state index contributed by atoms with van der Waals surface area (Å²) in [6.07, 6.45) is 6.31. The van der Waals surface area contributed by atoms with Crippen LogP contribution in [0.15, 0.2) is 30.5 Å². The van der Waals surface area contributed by atoms with E-state index in [0.29, 0.717) is 0 Å². The van der Waals surface area contributed by atoms with Gasteiger partial charge in [-0.15, -0.1) is 0 Å². The highest BCUT2D eigenvalue weighted by molar-refractivity contribution is 6.34. The molecule has 2 aliphatic heterocycles. The number of benzene rings is 1. The first-order valence-corrected chi connectivity index (χ1v) is 9.73. The highest BCUT2D eigenvalue weighted by atomic mass is 16.5. The number of hydrogen-bond acceptors (Lipinski definition) is 3. The molecule has 0 aliphatic carbocycles. The molecular formula is C22H27N3O2. The molecular weight excluding hydrogens is 338 g/mol. The molecule has 1 N–H and O–H groups in total. The topological polar surface area (TPSA) is 46.5 Å². The van der Waals surface area contributed by atoms with Gasteiger partial charge in [0.1, 0.15) is 0 Å². The maximum absolute atomic E-state index is 12.4. The fourth-order valence-electron chi connectivity index (χ4n) is 4.05. The van der Waals surface area contributed by atoms with Gasteiger partial charge in [0.05, 0.1) is 18.8 Å². The van der Waals surface area contributed by atoms with Crippen LogP contribution in [-0.2, 0) is 16.0 Å². The zero-order valence-electron chi connectivity index (χ0n) is 16.1. The fourth-order valence-corrected chi connectivity index (χ4v) is 4.05. The number of carbonyl (C=O) groups is 1. The first-order valence-electron chi connectivity index (χ1n) is 9.73. The van der Waals surface area contributed by atoms with Crippen molar-refractivity contribution in [3.05, 3.63) is 52.8 Å². The molecule has 1 amide bonds. The number of amides is 1. The van der Waals surface area contributed by atoms with Crippen LogP contribution in [0.5, 0.6) is 0 Å². The van der Waals surface area contributed by atoms with E-state index in [1.165, 1.54) is 16.8 Å². The summed E-state index contributed by atoms with van der Waals surface area (Å²) in [5.41, 5.74) is 6.50. The molecule has 5 heteroatoms. The van der Waals surface area contributed by atoms with Crippen LogP contribution in [0.25, 0.3) is 11.8 Å². The van der Waals surface area contributed by atoms with Crippen molar-refractivity contribution in [2.45, 2.75) is 26.7 Å². The molecule has 1 saturated heterocycles. The van der Waals surface area contributed by atoms with Crippen LogP contribution >= 0.6 is 0 Å². The van der Waals surface area contributed by atoms with Crippen LogP contribution in [-0.4, -0.2) is 48.2 Å². The van der Waals surface area contributed by atoms with Gasteiger partial charge in [-0.25, -0.2) is 0 Å². The van der Waals surface area contributed by atoms with Gasteiger partial charge in [0.15, 0.2) is 0 Å². The molecule has 0 bridgehead atoms. The number of para-hydroxylation sites is 1. The Labute approximate surface area is 160 Å². The van der Waals surface area contributed by atoms with E-state index in [-0.39, 0.29) is 5.91 Å². The van der Waals surface area contributed by atoms with Crippen molar-refractivity contribution in [2.24, 2.45) is 0 Å². The number of ether oxygens (including phenoxy) is 1. The van der Waals surface area contributed by atoms with E-state index in [4.69, 9.17) is 4.74 Å². The Morgan fingerprint density at radius 2 is 1.96 bits per heavy atom. The predicted octanol–water partition coefficient (Wildman–Crippen LogP) is 3.32. The molecule has 2 aromatic rings. The first-order chi connectivity index (χ1) is 13.1. The van der Waals surface area contributed by atoms with Crippen molar-refractivity contribution in [1.29, 1.82) is 0 Å². The molecule has 4 rings (SSSR count). The number of anilines is 1. The SMILES string of the molecule is Cc1cn(C=C2C(=O)Nc3ccccc32)c(C)c1CCCN1CCOCC1. The summed E-state index contributed by atoms with van der Waals surface area (Å²) in [6.45, 7) is 9.21. The van der Waals surface area contributed by atoms with Gasteiger partial charge in [-0.05, 0) is 50.4 Å². The van der Waals surface area contributed by atoms with Gasteiger partial charge in [-0.2, -0.15) is 0 Å². The van der Waals surface area contributed by atoms with Crippen LogP contribution < -0.4 is 5.32 Å². The smallest absolute Gasteiger partial charge is 0.257 e. The van der Waals surface area contributed by atoms with Crippen LogP contribution in [0.2, 0.25) is 0 Å². The zero-order valence-corrected chi connectivity index (χ0v) is 16.1. The highest BCUT2D eigenvalue weighted by Gasteiger charge is 2.24. The molecule has 1 fully saturated rings. The van der Waals surface area contributed by atoms with E-state index >= 15 is 0 Å². The Morgan fingerprint density at radius 3 is 2.78 bits per heavy atom. The fraction of sp³-hybridized carbons (Fsp3) is 0.409. The van der Waals surface area contributed by atoms with Crippen LogP contribution in [0.3, 0.4) is 0 Å². The summed E-state index contributed by atoms with van der Waals surface area (Å²) in [6, 6.07) is 7.85. The molecule has 0 atom stereocenters. The van der Waals surface area contributed by atoms with Gasteiger partial charge in [-0.1, -0.05) is 18.2 Å². The van der Waals surface area contributed by atoms with Gasteiger partial charge in [0.2, 0.25) is 0 Å². The number of nitrogens with one attached hydrogen (secondary N) is 1. The number of morpholine rings is 1. The minimum absolute atomic E-state index is 0.0316. The van der Waals surface area contributed by atoms with Crippen molar-refractivity contribution in [2.75, 3.05) is 38.2 Å². The summed E-state index contributed by atoms with van der Waals surface area (Å²) >= 11 is 0. The number of aryl methyl sites for hydroxylation is 1. The van der Waals surface area contributed by atoms with E-state index in [2.05, 4.69) is 34.8 Å². The number of carbonyl (C=O) groups excluding carboxylic acids is 1. The molecule has 27 heavy (non-hydrogen) atoms. The second-order valence-corrected chi connectivity index (χ2v) is 7.38. The molecule has 1 aromatic heterocycles. The third kappa shape index (κ3) is 3.70. The molecule has 1 aromatic carbocycles. The quantitative estimate of drug-likeness (QED) is 0.827. The summed E-state index contributed by atoms with van der Waals surface area (Å²) in [5, 5.41) is 2.94. The largest absolute Gasteiger partial charge is 0.379 e. The monoisotopic (exact) mass is 365 g/mol. The Bertz CT molecular complexity index is 876. The average molecular weight is 365 g/mol. The van der Waals surface area contributed by atoms with Crippen LogP contribution in [0, 0.1) is 13.8 Å². The van der Waals surface area contributed by atoms with Crippen LogP contribution in [0.1, 0.15) is 28.8 Å². The van der Waals surface area contributed by atoms with Gasteiger partial charge >= 0.3 is 0 Å². The summed E-state index contributed by atoms with van der Waals surface area (Å²) in [5.74, 6) is -0.0316. The maximum Gasteiger partial charge on any atom is 0.257 e. The van der Waals surface area contributed by atoms with E-state index in [1.807, 2.05) is 30.5 Å². The van der Waals surface area contributed by atoms with E-state index in [0.717, 1.165) is 62.5 Å². The van der Waals surface area contributed by atoms with E-state index in [9.17, 15) is 4.79 Å². The third-order valence-electron chi connectivity index (χ3n) is 5.62. The lowest BCUT2D eigenvalue weighted by molar-refractivity contribution is -0.110. The average Bonchev–Trinajstić information content (AvgIpc) is 3.13. The number of nitrogens with zero attached hydrogens (tertiary/aromatic N) is 2. The lowest BCUT2D eigenvalue weighted by Gasteiger charge is -2.26. The molecule has 142 valence electrons. The van der Waals surface area contributed by atoms with E-state index < -0.39 is 0 Å². The zero-order chi connectivity index (χ0) is 18.8. The van der Waals surface area contributed by atoms with Gasteiger partial charge in [0, 0.05) is 42.4 Å². The Hall–Kier alpha value is -2.37. The second-order valence-electron chi connectivity index (χ2n) is 7.38. The summed E-state index contributed by atoms with van der Waals surface area (Å²) in [7, 11) is 0. The summed E-state index contributed by atoms with van der Waals surface area (Å²) in [4.78, 5) is 14.9.